The lowest BCUT2D eigenvalue weighted by molar-refractivity contribution is 0.0745. The molecule has 8 heteroatoms. The Hall–Kier alpha value is -2.09. The number of anilines is 1. The normalized spacial score (nSPS) is 24.1. The van der Waals surface area contributed by atoms with E-state index in [1.165, 1.54) is 12.8 Å². The van der Waals surface area contributed by atoms with Crippen molar-refractivity contribution >= 4 is 28.2 Å². The summed E-state index contributed by atoms with van der Waals surface area (Å²) in [4.78, 5) is 4.99. The first-order valence-corrected chi connectivity index (χ1v) is 12.3. The van der Waals surface area contributed by atoms with Gasteiger partial charge < -0.3 is 9.64 Å². The highest BCUT2D eigenvalue weighted by molar-refractivity contribution is 6.34. The van der Waals surface area contributed by atoms with E-state index in [9.17, 15) is 0 Å². The Morgan fingerprint density at radius 2 is 1.84 bits per heavy atom. The minimum absolute atomic E-state index is 0.181. The van der Waals surface area contributed by atoms with Crippen LogP contribution in [0.2, 0.25) is 5.02 Å². The minimum atomic E-state index is 0.181. The van der Waals surface area contributed by atoms with Gasteiger partial charge in [-0.3, -0.25) is 9.58 Å². The van der Waals surface area contributed by atoms with Gasteiger partial charge in [0.2, 0.25) is 0 Å². The highest BCUT2D eigenvalue weighted by Gasteiger charge is 2.37. The van der Waals surface area contributed by atoms with E-state index >= 15 is 0 Å². The lowest BCUT2D eigenvalue weighted by atomic mass is 9.98. The largest absolute Gasteiger partial charge is 0.379 e. The molecule has 1 aromatic carbocycles. The Balaban J connectivity index is 0.00000105. The van der Waals surface area contributed by atoms with Crippen molar-refractivity contribution < 1.29 is 4.74 Å². The first kappa shape index (κ1) is 21.7. The number of benzene rings is 1. The second-order valence-electron chi connectivity index (χ2n) is 9.10. The number of piperazine rings is 1. The highest BCUT2D eigenvalue weighted by atomic mass is 35.5. The predicted molar refractivity (Wildman–Crippen MR) is 129 cm³/mol. The fourth-order valence-corrected chi connectivity index (χ4v) is 5.14. The average molecular weight is 457 g/mol. The molecule has 0 spiro atoms. The summed E-state index contributed by atoms with van der Waals surface area (Å²) in [6, 6.07) is 4.79. The molecule has 3 aromatic rings. The number of nitrogens with zero attached hydrogens (tertiary/aromatic N) is 6. The third-order valence-corrected chi connectivity index (χ3v) is 7.27. The third kappa shape index (κ3) is 3.91. The number of hydrogen-bond acceptors (Lipinski definition) is 5. The minimum Gasteiger partial charge on any atom is -0.379 e. The SMILES string of the molecule is CC.CC1(N2CCN(c3cc4c(cnn4-c4cnn(C5CC5)c4)cc3Cl)CC2)CCOC1. The molecule has 3 fully saturated rings. The molecule has 1 aliphatic carbocycles. The number of ether oxygens (including phenoxy) is 1. The molecule has 1 saturated carbocycles. The van der Waals surface area contributed by atoms with Crippen molar-refractivity contribution in [2.45, 2.75) is 51.6 Å². The van der Waals surface area contributed by atoms with Crippen LogP contribution in [0.3, 0.4) is 0 Å². The number of aromatic nitrogens is 4. The quantitative estimate of drug-likeness (QED) is 0.577. The molecule has 6 rings (SSSR count). The second-order valence-corrected chi connectivity index (χ2v) is 9.51. The van der Waals surface area contributed by atoms with E-state index in [4.69, 9.17) is 16.3 Å². The van der Waals surface area contributed by atoms with Gasteiger partial charge in [0, 0.05) is 43.7 Å². The molecule has 1 atom stereocenters. The maximum Gasteiger partial charge on any atom is 0.103 e. The van der Waals surface area contributed by atoms with Crippen LogP contribution in [0, 0.1) is 0 Å². The van der Waals surface area contributed by atoms with Gasteiger partial charge in [-0.1, -0.05) is 25.4 Å². The van der Waals surface area contributed by atoms with Crippen LogP contribution in [0.25, 0.3) is 16.6 Å². The van der Waals surface area contributed by atoms with E-state index in [-0.39, 0.29) is 5.54 Å². The molecule has 32 heavy (non-hydrogen) atoms. The van der Waals surface area contributed by atoms with Crippen LogP contribution in [-0.4, -0.2) is 69.4 Å². The van der Waals surface area contributed by atoms with Crippen LogP contribution < -0.4 is 4.90 Å². The fourth-order valence-electron chi connectivity index (χ4n) is 4.85. The molecule has 4 heterocycles. The van der Waals surface area contributed by atoms with Gasteiger partial charge in [-0.25, -0.2) is 4.68 Å². The maximum absolute atomic E-state index is 6.71. The Kier molecular flexibility index (Phi) is 5.90. The summed E-state index contributed by atoms with van der Waals surface area (Å²) in [6.45, 7) is 12.0. The summed E-state index contributed by atoms with van der Waals surface area (Å²) in [5, 5.41) is 11.0. The molecule has 172 valence electrons. The van der Waals surface area contributed by atoms with Crippen molar-refractivity contribution in [3.8, 4) is 5.69 Å². The van der Waals surface area contributed by atoms with Crippen LogP contribution in [0.1, 0.15) is 46.1 Å². The van der Waals surface area contributed by atoms with Gasteiger partial charge in [0.05, 0.1) is 47.5 Å². The van der Waals surface area contributed by atoms with Crippen LogP contribution >= 0.6 is 11.6 Å². The molecule has 7 nitrogen and oxygen atoms in total. The Bertz CT molecular complexity index is 1070. The van der Waals surface area contributed by atoms with Crippen molar-refractivity contribution in [1.82, 2.24) is 24.5 Å². The summed E-state index contributed by atoms with van der Waals surface area (Å²) in [7, 11) is 0. The number of fused-ring (bicyclic) bond motifs is 1. The van der Waals surface area contributed by atoms with Crippen molar-refractivity contribution in [1.29, 1.82) is 0 Å². The molecule has 1 unspecified atom stereocenters. The summed E-state index contributed by atoms with van der Waals surface area (Å²) < 4.78 is 9.71. The lowest BCUT2D eigenvalue weighted by Gasteiger charge is -2.44. The van der Waals surface area contributed by atoms with Crippen molar-refractivity contribution in [3.05, 3.63) is 35.7 Å². The van der Waals surface area contributed by atoms with E-state index in [2.05, 4.69) is 43.9 Å². The summed E-state index contributed by atoms with van der Waals surface area (Å²) in [5.41, 5.74) is 3.35. The van der Waals surface area contributed by atoms with E-state index in [1.807, 2.05) is 37.0 Å². The standard InChI is InChI=1S/C22H27ClN6O.C2H6/c1-22(4-9-30-15-22)27-7-5-26(6-8-27)21-11-20-16(10-19(21)23)12-25-29(20)18-13-24-28(14-18)17-2-3-17;1-2/h10-14,17H,2-9,15H2,1H3;1-2H3. The van der Waals surface area contributed by atoms with Gasteiger partial charge in [-0.2, -0.15) is 10.2 Å². The zero-order valence-electron chi connectivity index (χ0n) is 19.3. The Labute approximate surface area is 194 Å². The molecule has 3 aliphatic rings. The van der Waals surface area contributed by atoms with Gasteiger partial charge in [0.25, 0.3) is 0 Å². The molecule has 0 bridgehead atoms. The summed E-state index contributed by atoms with van der Waals surface area (Å²) >= 11 is 6.71. The van der Waals surface area contributed by atoms with E-state index in [0.29, 0.717) is 6.04 Å². The van der Waals surface area contributed by atoms with Crippen LogP contribution in [0.15, 0.2) is 30.7 Å². The monoisotopic (exact) mass is 456 g/mol. The van der Waals surface area contributed by atoms with Gasteiger partial charge >= 0.3 is 0 Å². The fraction of sp³-hybridized carbons (Fsp3) is 0.583. The number of rotatable bonds is 4. The van der Waals surface area contributed by atoms with Crippen molar-refractivity contribution in [2.75, 3.05) is 44.3 Å². The molecule has 2 aliphatic heterocycles. The highest BCUT2D eigenvalue weighted by Crippen LogP contribution is 2.36. The topological polar surface area (TPSA) is 51.3 Å². The average Bonchev–Trinajstić information content (AvgIpc) is 3.20. The first-order valence-electron chi connectivity index (χ1n) is 11.9. The van der Waals surface area contributed by atoms with Crippen LogP contribution in [0.5, 0.6) is 0 Å². The zero-order valence-corrected chi connectivity index (χ0v) is 20.1. The van der Waals surface area contributed by atoms with Gasteiger partial charge in [-0.15, -0.1) is 0 Å². The molecule has 2 saturated heterocycles. The van der Waals surface area contributed by atoms with E-state index in [0.717, 1.165) is 73.1 Å². The zero-order chi connectivity index (χ0) is 22.3. The van der Waals surface area contributed by atoms with Gasteiger partial charge in [0.1, 0.15) is 5.69 Å². The maximum atomic E-state index is 6.71. The lowest BCUT2D eigenvalue weighted by Crippen LogP contribution is -2.56. The summed E-state index contributed by atoms with van der Waals surface area (Å²) in [5.74, 6) is 0. The first-order chi connectivity index (χ1) is 15.6. The predicted octanol–water partition coefficient (Wildman–Crippen LogP) is 4.54. The molecule has 0 amide bonds. The second kappa shape index (κ2) is 8.69. The van der Waals surface area contributed by atoms with Gasteiger partial charge in [0.15, 0.2) is 0 Å². The number of hydrogen-bond donors (Lipinski definition) is 0. The molecular formula is C24H33ClN6O. The number of halogens is 1. The Morgan fingerprint density at radius 3 is 2.53 bits per heavy atom. The van der Waals surface area contributed by atoms with Crippen molar-refractivity contribution in [3.63, 3.8) is 0 Å². The third-order valence-electron chi connectivity index (χ3n) is 6.97. The van der Waals surface area contributed by atoms with Crippen LogP contribution in [0.4, 0.5) is 5.69 Å². The van der Waals surface area contributed by atoms with E-state index in [1.54, 1.807) is 0 Å². The molecule has 2 aromatic heterocycles. The van der Waals surface area contributed by atoms with E-state index < -0.39 is 0 Å². The van der Waals surface area contributed by atoms with Gasteiger partial charge in [-0.05, 0) is 38.3 Å². The van der Waals surface area contributed by atoms with Crippen molar-refractivity contribution in [2.24, 2.45) is 0 Å². The Morgan fingerprint density at radius 1 is 1.06 bits per heavy atom. The molecule has 0 radical (unpaired) electrons. The molecular weight excluding hydrogens is 424 g/mol. The smallest absolute Gasteiger partial charge is 0.103 e. The van der Waals surface area contributed by atoms with Crippen LogP contribution in [-0.2, 0) is 4.74 Å². The summed E-state index contributed by atoms with van der Waals surface area (Å²) in [6.07, 6.45) is 9.45. The molecule has 0 N–H and O–H groups in total.